The molecule has 0 saturated carbocycles. The maximum absolute atomic E-state index is 10.8. The van der Waals surface area contributed by atoms with Crippen LogP contribution in [0, 0.1) is 10.1 Å². The maximum atomic E-state index is 10.8. The van der Waals surface area contributed by atoms with Crippen molar-refractivity contribution in [2.24, 2.45) is 0 Å². The summed E-state index contributed by atoms with van der Waals surface area (Å²) in [6.07, 6.45) is 0. The zero-order valence-corrected chi connectivity index (χ0v) is 9.88. The van der Waals surface area contributed by atoms with Gasteiger partial charge >= 0.3 is 0 Å². The quantitative estimate of drug-likeness (QED) is 0.638. The Kier molecular flexibility index (Phi) is 3.43. The number of non-ortho nitro benzene ring substituents is 1. The second-order valence-electron chi connectivity index (χ2n) is 3.77. The Bertz CT molecular complexity index is 555. The minimum Gasteiger partial charge on any atom is -0.388 e. The van der Waals surface area contributed by atoms with Crippen molar-refractivity contribution in [1.82, 2.24) is 0 Å². The summed E-state index contributed by atoms with van der Waals surface area (Å²) in [6.45, 7) is 0. The Labute approximate surface area is 105 Å². The highest BCUT2D eigenvalue weighted by molar-refractivity contribution is 5.68. The molecule has 5 heteroatoms. The van der Waals surface area contributed by atoms with Crippen molar-refractivity contribution < 1.29 is 4.92 Å². The Morgan fingerprint density at radius 2 is 1.67 bits per heavy atom. The topological polar surface area (TPSA) is 67.2 Å². The Balaban J connectivity index is 2.32. The minimum absolute atomic E-state index is 0.0558. The molecule has 0 radical (unpaired) electrons. The standard InChI is InChI=1S/C13H13N3O2/c1-14-11-7-12(9-13(8-11)16(17)18)15-10-5-3-2-4-6-10/h2-9,14-15H,1H3. The predicted octanol–water partition coefficient (Wildman–Crippen LogP) is 3.38. The first-order valence-electron chi connectivity index (χ1n) is 5.48. The Hall–Kier alpha value is -2.56. The SMILES string of the molecule is CNc1cc(Nc2ccccc2)cc([N+](=O)[O-])c1. The monoisotopic (exact) mass is 243 g/mol. The fourth-order valence-corrected chi connectivity index (χ4v) is 1.62. The molecular formula is C13H13N3O2. The average molecular weight is 243 g/mol. The van der Waals surface area contributed by atoms with E-state index in [1.54, 1.807) is 7.05 Å². The third-order valence-electron chi connectivity index (χ3n) is 2.48. The summed E-state index contributed by atoms with van der Waals surface area (Å²) in [5.74, 6) is 0. The fourth-order valence-electron chi connectivity index (χ4n) is 1.62. The molecule has 0 bridgehead atoms. The molecule has 0 aliphatic rings. The molecule has 2 rings (SSSR count). The first-order valence-corrected chi connectivity index (χ1v) is 5.48. The first-order chi connectivity index (χ1) is 8.69. The lowest BCUT2D eigenvalue weighted by molar-refractivity contribution is -0.384. The maximum Gasteiger partial charge on any atom is 0.273 e. The predicted molar refractivity (Wildman–Crippen MR) is 72.4 cm³/mol. The van der Waals surface area contributed by atoms with Gasteiger partial charge in [-0.1, -0.05) is 18.2 Å². The van der Waals surface area contributed by atoms with Crippen LogP contribution in [-0.2, 0) is 0 Å². The highest BCUT2D eigenvalue weighted by Gasteiger charge is 2.09. The van der Waals surface area contributed by atoms with Crippen LogP contribution < -0.4 is 10.6 Å². The van der Waals surface area contributed by atoms with Gasteiger partial charge in [0, 0.05) is 36.2 Å². The summed E-state index contributed by atoms with van der Waals surface area (Å²) in [6, 6.07) is 14.3. The van der Waals surface area contributed by atoms with Crippen LogP contribution in [0.15, 0.2) is 48.5 Å². The molecule has 2 aromatic rings. The highest BCUT2D eigenvalue weighted by atomic mass is 16.6. The Morgan fingerprint density at radius 3 is 2.28 bits per heavy atom. The van der Waals surface area contributed by atoms with Gasteiger partial charge in [0.05, 0.1) is 4.92 Å². The van der Waals surface area contributed by atoms with Crippen molar-refractivity contribution >= 4 is 22.7 Å². The van der Waals surface area contributed by atoms with Gasteiger partial charge in [0.25, 0.3) is 5.69 Å². The first kappa shape index (κ1) is 11.9. The Morgan fingerprint density at radius 1 is 1.00 bits per heavy atom. The van der Waals surface area contributed by atoms with E-state index in [0.29, 0.717) is 11.4 Å². The van der Waals surface area contributed by atoms with E-state index in [-0.39, 0.29) is 5.69 Å². The van der Waals surface area contributed by atoms with Crippen LogP contribution in [0.25, 0.3) is 0 Å². The molecule has 0 spiro atoms. The van der Waals surface area contributed by atoms with Crippen LogP contribution in [0.2, 0.25) is 0 Å². The summed E-state index contributed by atoms with van der Waals surface area (Å²) in [7, 11) is 1.73. The van der Waals surface area contributed by atoms with Gasteiger partial charge in [-0.15, -0.1) is 0 Å². The second kappa shape index (κ2) is 5.18. The summed E-state index contributed by atoms with van der Waals surface area (Å²) < 4.78 is 0. The molecule has 0 atom stereocenters. The van der Waals surface area contributed by atoms with Crippen LogP contribution in [0.4, 0.5) is 22.7 Å². The number of para-hydroxylation sites is 1. The molecule has 18 heavy (non-hydrogen) atoms. The molecule has 0 aromatic heterocycles. The number of hydrogen-bond acceptors (Lipinski definition) is 4. The van der Waals surface area contributed by atoms with Crippen molar-refractivity contribution in [3.8, 4) is 0 Å². The summed E-state index contributed by atoms with van der Waals surface area (Å²) >= 11 is 0. The minimum atomic E-state index is -0.406. The molecule has 5 nitrogen and oxygen atoms in total. The van der Waals surface area contributed by atoms with E-state index in [0.717, 1.165) is 5.69 Å². The van der Waals surface area contributed by atoms with Crippen molar-refractivity contribution in [2.45, 2.75) is 0 Å². The zero-order valence-electron chi connectivity index (χ0n) is 9.88. The smallest absolute Gasteiger partial charge is 0.273 e. The van der Waals surface area contributed by atoms with Crippen LogP contribution in [-0.4, -0.2) is 12.0 Å². The van der Waals surface area contributed by atoms with E-state index < -0.39 is 4.92 Å². The number of anilines is 3. The molecular weight excluding hydrogens is 230 g/mol. The molecule has 0 aliphatic carbocycles. The number of nitro benzene ring substituents is 1. The molecule has 0 amide bonds. The number of hydrogen-bond donors (Lipinski definition) is 2. The molecule has 0 aliphatic heterocycles. The third kappa shape index (κ3) is 2.76. The van der Waals surface area contributed by atoms with Gasteiger partial charge in [-0.25, -0.2) is 0 Å². The van der Waals surface area contributed by atoms with Gasteiger partial charge in [0.2, 0.25) is 0 Å². The molecule has 0 unspecified atom stereocenters. The van der Waals surface area contributed by atoms with Gasteiger partial charge in [-0.2, -0.15) is 0 Å². The number of benzene rings is 2. The summed E-state index contributed by atoms with van der Waals surface area (Å²) in [4.78, 5) is 10.4. The largest absolute Gasteiger partial charge is 0.388 e. The lowest BCUT2D eigenvalue weighted by atomic mass is 10.2. The van der Waals surface area contributed by atoms with Crippen molar-refractivity contribution in [1.29, 1.82) is 0 Å². The van der Waals surface area contributed by atoms with Gasteiger partial charge in [0.1, 0.15) is 0 Å². The molecule has 0 heterocycles. The summed E-state index contributed by atoms with van der Waals surface area (Å²) in [5, 5.41) is 16.9. The highest BCUT2D eigenvalue weighted by Crippen LogP contribution is 2.26. The number of rotatable bonds is 4. The van der Waals surface area contributed by atoms with E-state index in [1.165, 1.54) is 12.1 Å². The van der Waals surface area contributed by atoms with Crippen molar-refractivity contribution in [3.63, 3.8) is 0 Å². The third-order valence-corrected chi connectivity index (χ3v) is 2.48. The van der Waals surface area contributed by atoms with Gasteiger partial charge in [-0.05, 0) is 18.2 Å². The van der Waals surface area contributed by atoms with Crippen molar-refractivity contribution in [2.75, 3.05) is 17.7 Å². The van der Waals surface area contributed by atoms with E-state index >= 15 is 0 Å². The van der Waals surface area contributed by atoms with E-state index in [4.69, 9.17) is 0 Å². The van der Waals surface area contributed by atoms with Gasteiger partial charge in [0.15, 0.2) is 0 Å². The summed E-state index contributed by atoms with van der Waals surface area (Å²) in [5.41, 5.74) is 2.32. The van der Waals surface area contributed by atoms with Crippen molar-refractivity contribution in [3.05, 3.63) is 58.6 Å². The number of nitrogens with one attached hydrogen (secondary N) is 2. The number of nitrogens with zero attached hydrogens (tertiary/aromatic N) is 1. The molecule has 2 N–H and O–H groups in total. The molecule has 0 fully saturated rings. The normalized spacial score (nSPS) is 9.83. The van der Waals surface area contributed by atoms with Crippen LogP contribution in [0.5, 0.6) is 0 Å². The fraction of sp³-hybridized carbons (Fsp3) is 0.0769. The molecule has 0 saturated heterocycles. The second-order valence-corrected chi connectivity index (χ2v) is 3.77. The van der Waals surface area contributed by atoms with Crippen LogP contribution in [0.1, 0.15) is 0 Å². The van der Waals surface area contributed by atoms with Crippen LogP contribution >= 0.6 is 0 Å². The van der Waals surface area contributed by atoms with E-state index in [1.807, 2.05) is 36.4 Å². The molecule has 2 aromatic carbocycles. The number of nitro groups is 1. The average Bonchev–Trinajstić information content (AvgIpc) is 2.39. The van der Waals surface area contributed by atoms with Gasteiger partial charge < -0.3 is 10.6 Å². The van der Waals surface area contributed by atoms with Crippen LogP contribution in [0.3, 0.4) is 0 Å². The van der Waals surface area contributed by atoms with Gasteiger partial charge in [-0.3, -0.25) is 10.1 Å². The zero-order chi connectivity index (χ0) is 13.0. The van der Waals surface area contributed by atoms with E-state index in [2.05, 4.69) is 10.6 Å². The lowest BCUT2D eigenvalue weighted by Crippen LogP contribution is -1.96. The lowest BCUT2D eigenvalue weighted by Gasteiger charge is -2.08. The molecule has 92 valence electrons. The van der Waals surface area contributed by atoms with E-state index in [9.17, 15) is 10.1 Å².